The fourth-order valence-corrected chi connectivity index (χ4v) is 4.19. The summed E-state index contributed by atoms with van der Waals surface area (Å²) in [5, 5.41) is 6.28. The third kappa shape index (κ3) is 5.92. The summed E-state index contributed by atoms with van der Waals surface area (Å²) in [4.78, 5) is 30.3. The summed E-state index contributed by atoms with van der Waals surface area (Å²) < 4.78 is 5.41. The van der Waals surface area contributed by atoms with Crippen LogP contribution in [0.4, 0.5) is 11.4 Å². The Bertz CT molecular complexity index is 1210. The van der Waals surface area contributed by atoms with Crippen LogP contribution >= 0.6 is 0 Å². The summed E-state index contributed by atoms with van der Waals surface area (Å²) in [5.41, 5.74) is 6.59. The molecule has 1 amide bonds. The molecule has 34 heavy (non-hydrogen) atoms. The van der Waals surface area contributed by atoms with Crippen LogP contribution in [-0.2, 0) is 17.8 Å². The molecule has 7 nitrogen and oxygen atoms in total. The predicted molar refractivity (Wildman–Crippen MR) is 135 cm³/mol. The van der Waals surface area contributed by atoms with Crippen LogP contribution in [0.25, 0.3) is 0 Å². The maximum Gasteiger partial charge on any atom is 0.253 e. The zero-order valence-corrected chi connectivity index (χ0v) is 20.0. The monoisotopic (exact) mass is 460 g/mol. The van der Waals surface area contributed by atoms with E-state index >= 15 is 0 Å². The second-order valence-electron chi connectivity index (χ2n) is 8.87. The van der Waals surface area contributed by atoms with Gasteiger partial charge in [0.05, 0.1) is 13.2 Å². The van der Waals surface area contributed by atoms with Crippen LogP contribution in [0, 0.1) is 20.8 Å². The van der Waals surface area contributed by atoms with Gasteiger partial charge < -0.3 is 20.4 Å². The molecule has 3 aromatic rings. The average molecular weight is 461 g/mol. The molecule has 7 heteroatoms. The summed E-state index contributed by atoms with van der Waals surface area (Å²) in [5.74, 6) is -0.207. The largest absolute Gasteiger partial charge is 0.379 e. The Balaban J connectivity index is 1.40. The van der Waals surface area contributed by atoms with Crippen LogP contribution in [0.5, 0.6) is 0 Å². The lowest BCUT2D eigenvalue weighted by Gasteiger charge is -2.26. The van der Waals surface area contributed by atoms with Crippen LogP contribution in [-0.4, -0.2) is 42.1 Å². The van der Waals surface area contributed by atoms with E-state index in [-0.39, 0.29) is 18.0 Å². The maximum absolute atomic E-state index is 12.9. The highest BCUT2D eigenvalue weighted by Crippen LogP contribution is 2.21. The number of aryl methyl sites for hydroxylation is 3. The smallest absolute Gasteiger partial charge is 0.253 e. The molecule has 2 heterocycles. The third-order valence-corrected chi connectivity index (χ3v) is 6.15. The fraction of sp³-hybridized carbons (Fsp3) is 0.333. The van der Waals surface area contributed by atoms with Crippen molar-refractivity contribution in [3.05, 3.63) is 92.4 Å². The van der Waals surface area contributed by atoms with E-state index in [1.165, 1.54) is 5.56 Å². The zero-order chi connectivity index (χ0) is 24.1. The minimum absolute atomic E-state index is 0.165. The molecule has 1 fully saturated rings. The molecule has 0 bridgehead atoms. The summed E-state index contributed by atoms with van der Waals surface area (Å²) >= 11 is 0. The summed E-state index contributed by atoms with van der Waals surface area (Å²) in [6.45, 7) is 10.3. The quantitative estimate of drug-likeness (QED) is 0.499. The van der Waals surface area contributed by atoms with Crippen LogP contribution < -0.4 is 16.2 Å². The number of amides is 1. The number of hydrogen-bond donors (Lipinski definition) is 3. The Morgan fingerprint density at radius 1 is 0.971 bits per heavy atom. The van der Waals surface area contributed by atoms with Crippen LogP contribution in [0.15, 0.2) is 53.3 Å². The number of hydrogen-bond acceptors (Lipinski definition) is 5. The first-order valence-corrected chi connectivity index (χ1v) is 11.6. The molecule has 178 valence electrons. The van der Waals surface area contributed by atoms with Crippen molar-refractivity contribution in [2.45, 2.75) is 33.9 Å². The number of aromatic nitrogens is 1. The van der Waals surface area contributed by atoms with Crippen molar-refractivity contribution in [3.63, 3.8) is 0 Å². The van der Waals surface area contributed by atoms with E-state index in [2.05, 4.69) is 44.8 Å². The van der Waals surface area contributed by atoms with Crippen molar-refractivity contribution in [1.82, 2.24) is 15.2 Å². The maximum atomic E-state index is 12.9. The van der Waals surface area contributed by atoms with E-state index in [4.69, 9.17) is 4.74 Å². The Kier molecular flexibility index (Phi) is 7.45. The van der Waals surface area contributed by atoms with Crippen molar-refractivity contribution in [1.29, 1.82) is 0 Å². The lowest BCUT2D eigenvalue weighted by atomic mass is 10.1. The van der Waals surface area contributed by atoms with Crippen molar-refractivity contribution in [3.8, 4) is 0 Å². The molecule has 0 radical (unpaired) electrons. The van der Waals surface area contributed by atoms with Gasteiger partial charge in [0.15, 0.2) is 0 Å². The van der Waals surface area contributed by atoms with Crippen LogP contribution in [0.1, 0.15) is 38.3 Å². The molecule has 2 aromatic carbocycles. The number of anilines is 2. The van der Waals surface area contributed by atoms with Gasteiger partial charge in [-0.25, -0.2) is 0 Å². The first-order chi connectivity index (χ1) is 16.4. The molecule has 1 aliphatic rings. The molecule has 0 aliphatic carbocycles. The van der Waals surface area contributed by atoms with E-state index in [1.54, 1.807) is 0 Å². The fourth-order valence-electron chi connectivity index (χ4n) is 4.19. The molecule has 0 atom stereocenters. The molecular weight excluding hydrogens is 428 g/mol. The second kappa shape index (κ2) is 10.7. The molecule has 0 unspecified atom stereocenters. The van der Waals surface area contributed by atoms with Gasteiger partial charge in [-0.2, -0.15) is 0 Å². The molecule has 1 saturated heterocycles. The number of H-pyrrole nitrogens is 1. The first-order valence-electron chi connectivity index (χ1n) is 11.6. The Morgan fingerprint density at radius 2 is 1.68 bits per heavy atom. The SMILES string of the molecule is Cc1cc(C)c(CNC(=O)c2cc(Nc3ccc(CN4CCOCC4)cc3)ccc2C)c(=O)[nH]1. The first kappa shape index (κ1) is 23.7. The zero-order valence-electron chi connectivity index (χ0n) is 20.0. The molecule has 0 saturated carbocycles. The van der Waals surface area contributed by atoms with E-state index < -0.39 is 0 Å². The van der Waals surface area contributed by atoms with Gasteiger partial charge in [0.25, 0.3) is 11.5 Å². The minimum atomic E-state index is -0.207. The van der Waals surface area contributed by atoms with Gasteiger partial charge in [0.2, 0.25) is 0 Å². The van der Waals surface area contributed by atoms with Crippen molar-refractivity contribution < 1.29 is 9.53 Å². The number of nitrogens with one attached hydrogen (secondary N) is 3. The van der Waals surface area contributed by atoms with Gasteiger partial charge in [-0.05, 0) is 67.8 Å². The third-order valence-electron chi connectivity index (χ3n) is 6.15. The van der Waals surface area contributed by atoms with Gasteiger partial charge in [0.1, 0.15) is 0 Å². The number of rotatable bonds is 7. The highest BCUT2D eigenvalue weighted by atomic mass is 16.5. The van der Waals surface area contributed by atoms with Crippen molar-refractivity contribution in [2.24, 2.45) is 0 Å². The minimum Gasteiger partial charge on any atom is -0.379 e. The Hall–Kier alpha value is -3.42. The van der Waals surface area contributed by atoms with Crippen molar-refractivity contribution in [2.75, 3.05) is 31.6 Å². The average Bonchev–Trinajstić information content (AvgIpc) is 2.81. The number of nitrogens with zero attached hydrogens (tertiary/aromatic N) is 1. The van der Waals surface area contributed by atoms with E-state index in [0.717, 1.165) is 61.0 Å². The van der Waals surface area contributed by atoms with Gasteiger partial charge in [-0.3, -0.25) is 14.5 Å². The molecule has 0 spiro atoms. The number of pyridine rings is 1. The molecule has 4 rings (SSSR count). The number of carbonyl (C=O) groups is 1. The lowest BCUT2D eigenvalue weighted by molar-refractivity contribution is 0.0342. The summed E-state index contributed by atoms with van der Waals surface area (Å²) in [6, 6.07) is 16.0. The summed E-state index contributed by atoms with van der Waals surface area (Å²) in [6.07, 6.45) is 0. The van der Waals surface area contributed by atoms with Crippen LogP contribution in [0.3, 0.4) is 0 Å². The Labute approximate surface area is 200 Å². The topological polar surface area (TPSA) is 86.5 Å². The number of aromatic amines is 1. The van der Waals surface area contributed by atoms with E-state index in [1.807, 2.05) is 45.0 Å². The van der Waals surface area contributed by atoms with Gasteiger partial charge in [0, 0.05) is 54.4 Å². The predicted octanol–water partition coefficient (Wildman–Crippen LogP) is 3.81. The molecule has 3 N–H and O–H groups in total. The van der Waals surface area contributed by atoms with Gasteiger partial charge in [-0.1, -0.05) is 18.2 Å². The second-order valence-corrected chi connectivity index (χ2v) is 8.87. The van der Waals surface area contributed by atoms with E-state index in [0.29, 0.717) is 11.1 Å². The lowest BCUT2D eigenvalue weighted by Crippen LogP contribution is -2.35. The van der Waals surface area contributed by atoms with Gasteiger partial charge in [-0.15, -0.1) is 0 Å². The van der Waals surface area contributed by atoms with Crippen molar-refractivity contribution >= 4 is 17.3 Å². The number of carbonyl (C=O) groups excluding carboxylic acids is 1. The number of ether oxygens (including phenoxy) is 1. The molecular formula is C27H32N4O3. The van der Waals surface area contributed by atoms with Crippen LogP contribution in [0.2, 0.25) is 0 Å². The standard InChI is InChI=1S/C27H32N4O3/c1-18-4-7-23(30-22-8-5-21(6-9-22)17-31-10-12-34-13-11-31)15-24(18)26(32)28-16-25-19(2)14-20(3)29-27(25)33/h4-9,14-15,30H,10-13,16-17H2,1-3H3,(H,28,32)(H,29,33). The molecule has 1 aliphatic heterocycles. The normalized spacial score (nSPS) is 14.1. The molecule has 1 aromatic heterocycles. The Morgan fingerprint density at radius 3 is 2.38 bits per heavy atom. The number of benzene rings is 2. The highest BCUT2D eigenvalue weighted by molar-refractivity contribution is 5.96. The van der Waals surface area contributed by atoms with Gasteiger partial charge >= 0.3 is 0 Å². The highest BCUT2D eigenvalue weighted by Gasteiger charge is 2.13. The number of morpholine rings is 1. The summed E-state index contributed by atoms with van der Waals surface area (Å²) in [7, 11) is 0. The van der Waals surface area contributed by atoms with E-state index in [9.17, 15) is 9.59 Å².